The predicted molar refractivity (Wildman–Crippen MR) is 82.6 cm³/mol. The molecule has 3 heteroatoms. The molecule has 0 aromatic heterocycles. The molecule has 0 unspecified atom stereocenters. The number of aryl methyl sites for hydroxylation is 1. The Morgan fingerprint density at radius 2 is 2.11 bits per heavy atom. The van der Waals surface area contributed by atoms with Crippen molar-refractivity contribution in [1.82, 2.24) is 0 Å². The number of hydrogen-bond acceptors (Lipinski definition) is 2. The van der Waals surface area contributed by atoms with Crippen LogP contribution in [-0.4, -0.2) is 12.9 Å². The maximum Gasteiger partial charge on any atom is 0.162 e. The predicted octanol–water partition coefficient (Wildman–Crippen LogP) is 4.48. The molecular formula is C16H19BrO2. The Labute approximate surface area is 123 Å². The Bertz CT molecular complexity index is 501. The van der Waals surface area contributed by atoms with Crippen LogP contribution >= 0.6 is 15.9 Å². The molecule has 102 valence electrons. The van der Waals surface area contributed by atoms with Gasteiger partial charge in [-0.15, -0.1) is 0 Å². The van der Waals surface area contributed by atoms with Gasteiger partial charge >= 0.3 is 0 Å². The minimum absolute atomic E-state index is 0.162. The van der Waals surface area contributed by atoms with E-state index in [-0.39, 0.29) is 5.78 Å². The molecule has 0 heterocycles. The zero-order valence-corrected chi connectivity index (χ0v) is 13.2. The first-order valence-electron chi connectivity index (χ1n) is 6.27. The number of benzene rings is 1. The van der Waals surface area contributed by atoms with Crippen LogP contribution in [0, 0.1) is 0 Å². The van der Waals surface area contributed by atoms with Gasteiger partial charge in [-0.3, -0.25) is 4.79 Å². The molecule has 0 aliphatic rings. The lowest BCUT2D eigenvalue weighted by Crippen LogP contribution is -2.03. The number of carbonyl (C=O) groups excluding carboxylic acids is 1. The van der Waals surface area contributed by atoms with Crippen molar-refractivity contribution in [2.75, 3.05) is 7.11 Å². The molecule has 0 saturated heterocycles. The summed E-state index contributed by atoms with van der Waals surface area (Å²) in [5.41, 5.74) is 1.85. The van der Waals surface area contributed by atoms with E-state index < -0.39 is 0 Å². The summed E-state index contributed by atoms with van der Waals surface area (Å²) in [6, 6.07) is 5.80. The highest BCUT2D eigenvalue weighted by Gasteiger charge is 2.08. The van der Waals surface area contributed by atoms with Crippen molar-refractivity contribution in [3.63, 3.8) is 0 Å². The van der Waals surface area contributed by atoms with E-state index in [4.69, 9.17) is 4.74 Å². The van der Waals surface area contributed by atoms with Gasteiger partial charge in [0, 0.05) is 16.5 Å². The number of methoxy groups -OCH3 is 1. The van der Waals surface area contributed by atoms with Gasteiger partial charge in [0.05, 0.1) is 7.11 Å². The lowest BCUT2D eigenvalue weighted by atomic mass is 10.0. The molecule has 1 rings (SSSR count). The fourth-order valence-electron chi connectivity index (χ4n) is 1.79. The summed E-state index contributed by atoms with van der Waals surface area (Å²) in [4.78, 5) is 12.0. The van der Waals surface area contributed by atoms with Crippen LogP contribution in [0.3, 0.4) is 0 Å². The Balaban J connectivity index is 2.74. The highest BCUT2D eigenvalue weighted by Crippen LogP contribution is 2.24. The standard InChI is InChI=1S/C16H19BrO2/c1-4-6-12(5-2)16(18)10-7-13-11-14(19-3)8-9-15(13)17/h4-6,8-9,11H,7,10H2,1-3H3/b6-4-,12-5+. The Morgan fingerprint density at radius 1 is 1.37 bits per heavy atom. The SMILES string of the molecule is C/C=C\C(=C/C)C(=O)CCc1cc(OC)ccc1Br. The molecule has 0 spiro atoms. The van der Waals surface area contributed by atoms with Gasteiger partial charge in [0.15, 0.2) is 5.78 Å². The topological polar surface area (TPSA) is 26.3 Å². The molecule has 0 N–H and O–H groups in total. The number of hydrogen-bond donors (Lipinski definition) is 0. The molecule has 0 saturated carbocycles. The lowest BCUT2D eigenvalue weighted by molar-refractivity contribution is -0.115. The normalized spacial score (nSPS) is 11.9. The van der Waals surface area contributed by atoms with Gasteiger partial charge in [-0.2, -0.15) is 0 Å². The van der Waals surface area contributed by atoms with Crippen LogP contribution in [0.4, 0.5) is 0 Å². The second-order valence-corrected chi connectivity index (χ2v) is 4.98. The van der Waals surface area contributed by atoms with Crippen molar-refractivity contribution in [2.24, 2.45) is 0 Å². The molecule has 0 fully saturated rings. The number of allylic oxidation sites excluding steroid dienone is 4. The van der Waals surface area contributed by atoms with Crippen LogP contribution in [0.25, 0.3) is 0 Å². The number of carbonyl (C=O) groups is 1. The highest BCUT2D eigenvalue weighted by molar-refractivity contribution is 9.10. The first-order chi connectivity index (χ1) is 9.12. The first-order valence-corrected chi connectivity index (χ1v) is 7.06. The Hall–Kier alpha value is -1.35. The van der Waals surface area contributed by atoms with Gasteiger partial charge in [-0.1, -0.05) is 34.2 Å². The Morgan fingerprint density at radius 3 is 2.68 bits per heavy atom. The summed E-state index contributed by atoms with van der Waals surface area (Å²) >= 11 is 3.50. The van der Waals surface area contributed by atoms with Crippen molar-refractivity contribution in [2.45, 2.75) is 26.7 Å². The quantitative estimate of drug-likeness (QED) is 0.570. The third-order valence-corrected chi connectivity index (χ3v) is 3.63. The van der Waals surface area contributed by atoms with Gasteiger partial charge in [0.25, 0.3) is 0 Å². The molecule has 19 heavy (non-hydrogen) atoms. The van der Waals surface area contributed by atoms with Crippen molar-refractivity contribution >= 4 is 21.7 Å². The molecule has 2 nitrogen and oxygen atoms in total. The monoisotopic (exact) mass is 322 g/mol. The van der Waals surface area contributed by atoms with Crippen LogP contribution in [0.2, 0.25) is 0 Å². The van der Waals surface area contributed by atoms with Gasteiger partial charge in [0.1, 0.15) is 5.75 Å². The maximum absolute atomic E-state index is 12.0. The fraction of sp³-hybridized carbons (Fsp3) is 0.312. The van der Waals surface area contributed by atoms with E-state index >= 15 is 0 Å². The number of rotatable bonds is 6. The summed E-state index contributed by atoms with van der Waals surface area (Å²) < 4.78 is 6.20. The third-order valence-electron chi connectivity index (χ3n) is 2.85. The van der Waals surface area contributed by atoms with E-state index in [1.165, 1.54) is 0 Å². The number of ether oxygens (including phenoxy) is 1. The zero-order valence-electron chi connectivity index (χ0n) is 11.6. The number of ketones is 1. The lowest BCUT2D eigenvalue weighted by Gasteiger charge is -2.07. The van der Waals surface area contributed by atoms with Crippen LogP contribution in [0.1, 0.15) is 25.8 Å². The molecule has 0 atom stereocenters. The zero-order chi connectivity index (χ0) is 14.3. The van der Waals surface area contributed by atoms with Gasteiger partial charge in [-0.25, -0.2) is 0 Å². The summed E-state index contributed by atoms with van der Waals surface area (Å²) in [5, 5.41) is 0. The van der Waals surface area contributed by atoms with Crippen molar-refractivity contribution in [3.05, 3.63) is 52.0 Å². The molecule has 1 aromatic carbocycles. The second-order valence-electron chi connectivity index (χ2n) is 4.12. The highest BCUT2D eigenvalue weighted by atomic mass is 79.9. The molecule has 0 bridgehead atoms. The first kappa shape index (κ1) is 15.7. The van der Waals surface area contributed by atoms with E-state index in [1.54, 1.807) is 7.11 Å². The van der Waals surface area contributed by atoms with Crippen LogP contribution in [0.5, 0.6) is 5.75 Å². The minimum Gasteiger partial charge on any atom is -0.497 e. The van der Waals surface area contributed by atoms with E-state index in [0.29, 0.717) is 12.8 Å². The molecular weight excluding hydrogens is 304 g/mol. The van der Waals surface area contributed by atoms with E-state index in [1.807, 2.05) is 50.3 Å². The molecule has 1 aromatic rings. The average molecular weight is 323 g/mol. The van der Waals surface area contributed by atoms with Gasteiger partial charge < -0.3 is 4.74 Å². The van der Waals surface area contributed by atoms with Crippen molar-refractivity contribution < 1.29 is 9.53 Å². The van der Waals surface area contributed by atoms with Crippen LogP contribution < -0.4 is 4.74 Å². The molecule has 0 radical (unpaired) electrons. The molecule has 0 aliphatic heterocycles. The smallest absolute Gasteiger partial charge is 0.162 e. The fourth-order valence-corrected chi connectivity index (χ4v) is 2.24. The largest absolute Gasteiger partial charge is 0.497 e. The Kier molecular flexibility index (Phi) is 6.57. The molecule has 0 amide bonds. The third kappa shape index (κ3) is 4.67. The van der Waals surface area contributed by atoms with Gasteiger partial charge in [-0.05, 0) is 44.0 Å². The van der Waals surface area contributed by atoms with Crippen molar-refractivity contribution in [3.8, 4) is 5.75 Å². The van der Waals surface area contributed by atoms with Crippen molar-refractivity contribution in [1.29, 1.82) is 0 Å². The molecule has 0 aliphatic carbocycles. The summed E-state index contributed by atoms with van der Waals surface area (Å²) in [7, 11) is 1.64. The van der Waals surface area contributed by atoms with Gasteiger partial charge in [0.2, 0.25) is 0 Å². The minimum atomic E-state index is 0.162. The summed E-state index contributed by atoms with van der Waals surface area (Å²) in [5.74, 6) is 0.973. The summed E-state index contributed by atoms with van der Waals surface area (Å²) in [6.45, 7) is 3.80. The van der Waals surface area contributed by atoms with E-state index in [0.717, 1.165) is 21.4 Å². The van der Waals surface area contributed by atoms with E-state index in [2.05, 4.69) is 15.9 Å². The average Bonchev–Trinajstić information content (AvgIpc) is 2.43. The van der Waals surface area contributed by atoms with E-state index in [9.17, 15) is 4.79 Å². The van der Waals surface area contributed by atoms with Crippen LogP contribution in [-0.2, 0) is 11.2 Å². The maximum atomic E-state index is 12.0. The summed E-state index contributed by atoms with van der Waals surface area (Å²) in [6.07, 6.45) is 6.78. The number of halogens is 1. The van der Waals surface area contributed by atoms with Crippen LogP contribution in [0.15, 0.2) is 46.5 Å². The second kappa shape index (κ2) is 7.95. The number of Topliss-reactive ketones (excluding diaryl/α,β-unsaturated/α-hetero) is 1.